The second-order valence-electron chi connectivity index (χ2n) is 4.85. The first-order valence-electron chi connectivity index (χ1n) is 6.95. The van der Waals surface area contributed by atoms with E-state index < -0.39 is 12.5 Å². The second kappa shape index (κ2) is 6.66. The molecule has 0 atom stereocenters. The van der Waals surface area contributed by atoms with Crippen LogP contribution in [0.4, 0.5) is 0 Å². The molecule has 1 aromatic carbocycles. The van der Waals surface area contributed by atoms with E-state index >= 15 is 0 Å². The second-order valence-corrected chi connectivity index (χ2v) is 5.71. The lowest BCUT2D eigenvalue weighted by Gasteiger charge is -2.18. The van der Waals surface area contributed by atoms with E-state index in [2.05, 4.69) is 10.3 Å². The molecule has 1 amide bonds. The number of carbonyl (C=O) groups is 2. The first-order chi connectivity index (χ1) is 11.1. The van der Waals surface area contributed by atoms with E-state index in [1.807, 2.05) is 18.2 Å². The van der Waals surface area contributed by atoms with E-state index in [-0.39, 0.29) is 12.3 Å². The van der Waals surface area contributed by atoms with Crippen LogP contribution in [0.3, 0.4) is 0 Å². The van der Waals surface area contributed by atoms with Crippen LogP contribution in [0.15, 0.2) is 23.6 Å². The Morgan fingerprint density at radius 3 is 2.83 bits per heavy atom. The molecule has 2 aromatic rings. The monoisotopic (exact) mass is 334 g/mol. The molecule has 0 saturated heterocycles. The van der Waals surface area contributed by atoms with E-state index in [1.54, 1.807) is 5.38 Å². The molecule has 0 aliphatic carbocycles. The van der Waals surface area contributed by atoms with Crippen molar-refractivity contribution in [1.29, 1.82) is 0 Å². The maximum atomic E-state index is 11.6. The van der Waals surface area contributed by atoms with E-state index in [1.165, 1.54) is 11.3 Å². The molecular weight excluding hydrogens is 320 g/mol. The van der Waals surface area contributed by atoms with Gasteiger partial charge in [-0.2, -0.15) is 0 Å². The van der Waals surface area contributed by atoms with Crippen LogP contribution < -0.4 is 14.8 Å². The summed E-state index contributed by atoms with van der Waals surface area (Å²) >= 11 is 1.42. The van der Waals surface area contributed by atoms with Crippen LogP contribution in [-0.4, -0.2) is 41.7 Å². The Bertz CT molecular complexity index is 743. The summed E-state index contributed by atoms with van der Waals surface area (Å²) in [7, 11) is 0. The minimum atomic E-state index is -1.08. The Balaban J connectivity index is 1.69. The molecule has 0 spiro atoms. The Labute approximate surface area is 135 Å². The van der Waals surface area contributed by atoms with Gasteiger partial charge >= 0.3 is 5.97 Å². The third-order valence-corrected chi connectivity index (χ3v) is 4.06. The number of nitrogens with zero attached hydrogens (tertiary/aromatic N) is 1. The Kier molecular flexibility index (Phi) is 4.42. The van der Waals surface area contributed by atoms with Gasteiger partial charge in [0, 0.05) is 10.9 Å². The highest BCUT2D eigenvalue weighted by Gasteiger charge is 2.15. The average molecular weight is 334 g/mol. The van der Waals surface area contributed by atoms with Gasteiger partial charge in [-0.25, -0.2) is 4.98 Å². The number of carboxylic acid groups (broad SMARTS) is 1. The van der Waals surface area contributed by atoms with Crippen LogP contribution in [0.25, 0.3) is 10.6 Å². The van der Waals surface area contributed by atoms with Crippen molar-refractivity contribution < 1.29 is 24.2 Å². The van der Waals surface area contributed by atoms with E-state index in [0.29, 0.717) is 30.4 Å². The van der Waals surface area contributed by atoms with Gasteiger partial charge in [0.15, 0.2) is 11.5 Å². The van der Waals surface area contributed by atoms with Crippen LogP contribution in [0.2, 0.25) is 0 Å². The predicted octanol–water partition coefficient (Wildman–Crippen LogP) is 1.32. The standard InChI is InChI=1S/C15H14N2O5S/c18-13(16-7-14(19)20)6-10-8-23-15(17-10)9-1-2-11-12(5-9)22-4-3-21-11/h1-2,5,8H,3-4,6-7H2,(H,16,18)(H,19,20). The molecule has 1 aromatic heterocycles. The number of aromatic nitrogens is 1. The van der Waals surface area contributed by atoms with Gasteiger partial charge in [0.1, 0.15) is 24.8 Å². The van der Waals surface area contributed by atoms with Crippen LogP contribution in [-0.2, 0) is 16.0 Å². The third-order valence-electron chi connectivity index (χ3n) is 3.12. The molecule has 2 N–H and O–H groups in total. The molecule has 8 heteroatoms. The van der Waals surface area contributed by atoms with Crippen molar-refractivity contribution in [2.45, 2.75) is 6.42 Å². The summed E-state index contributed by atoms with van der Waals surface area (Å²) < 4.78 is 11.0. The molecule has 0 fully saturated rings. The van der Waals surface area contributed by atoms with Crippen LogP contribution in [0, 0.1) is 0 Å². The molecular formula is C15H14N2O5S. The summed E-state index contributed by atoms with van der Waals surface area (Å²) in [5, 5.41) is 13.4. The largest absolute Gasteiger partial charge is 0.486 e. The zero-order valence-corrected chi connectivity index (χ0v) is 12.9. The van der Waals surface area contributed by atoms with Gasteiger partial charge in [0.2, 0.25) is 5.91 Å². The highest BCUT2D eigenvalue weighted by atomic mass is 32.1. The van der Waals surface area contributed by atoms with Crippen molar-refractivity contribution in [3.8, 4) is 22.1 Å². The van der Waals surface area contributed by atoms with Crippen molar-refractivity contribution in [2.75, 3.05) is 19.8 Å². The summed E-state index contributed by atoms with van der Waals surface area (Å²) in [5.74, 6) is -0.0467. The quantitative estimate of drug-likeness (QED) is 0.856. The zero-order valence-electron chi connectivity index (χ0n) is 12.1. The molecule has 1 aliphatic heterocycles. The van der Waals surface area contributed by atoms with Crippen LogP contribution >= 0.6 is 11.3 Å². The Morgan fingerprint density at radius 1 is 1.26 bits per heavy atom. The molecule has 2 heterocycles. The van der Waals surface area contributed by atoms with E-state index in [9.17, 15) is 9.59 Å². The number of hydrogen-bond acceptors (Lipinski definition) is 6. The van der Waals surface area contributed by atoms with Crippen LogP contribution in [0.1, 0.15) is 5.69 Å². The number of amides is 1. The van der Waals surface area contributed by atoms with Gasteiger partial charge in [0.25, 0.3) is 0 Å². The summed E-state index contributed by atoms with van der Waals surface area (Å²) in [6, 6.07) is 5.59. The SMILES string of the molecule is O=C(O)CNC(=O)Cc1csc(-c2ccc3c(c2)OCCO3)n1. The summed E-state index contributed by atoms with van der Waals surface area (Å²) in [6.45, 7) is 0.667. The molecule has 23 heavy (non-hydrogen) atoms. The number of rotatable bonds is 5. The van der Waals surface area contributed by atoms with Crippen molar-refractivity contribution in [3.63, 3.8) is 0 Å². The summed E-state index contributed by atoms with van der Waals surface area (Å²) in [4.78, 5) is 26.4. The van der Waals surface area contributed by atoms with Gasteiger partial charge < -0.3 is 19.9 Å². The van der Waals surface area contributed by atoms with E-state index in [4.69, 9.17) is 14.6 Å². The number of thiazole rings is 1. The first-order valence-corrected chi connectivity index (χ1v) is 7.83. The number of hydrogen-bond donors (Lipinski definition) is 2. The molecule has 0 radical (unpaired) electrons. The van der Waals surface area contributed by atoms with Crippen molar-refractivity contribution in [3.05, 3.63) is 29.3 Å². The fourth-order valence-electron chi connectivity index (χ4n) is 2.10. The number of benzene rings is 1. The molecule has 7 nitrogen and oxygen atoms in total. The minimum absolute atomic E-state index is 0.0499. The molecule has 0 bridgehead atoms. The van der Waals surface area contributed by atoms with Gasteiger partial charge in [0.05, 0.1) is 12.1 Å². The number of fused-ring (bicyclic) bond motifs is 1. The molecule has 1 aliphatic rings. The third kappa shape index (κ3) is 3.78. The van der Waals surface area contributed by atoms with Crippen molar-refractivity contribution in [2.24, 2.45) is 0 Å². The molecule has 120 valence electrons. The minimum Gasteiger partial charge on any atom is -0.486 e. The fraction of sp³-hybridized carbons (Fsp3) is 0.267. The average Bonchev–Trinajstić information content (AvgIpc) is 3.01. The lowest BCUT2D eigenvalue weighted by atomic mass is 10.2. The topological polar surface area (TPSA) is 97.8 Å². The lowest BCUT2D eigenvalue weighted by Crippen LogP contribution is -2.30. The van der Waals surface area contributed by atoms with Crippen molar-refractivity contribution >= 4 is 23.2 Å². The molecule has 0 saturated carbocycles. The number of nitrogens with one attached hydrogen (secondary N) is 1. The summed E-state index contributed by atoms with van der Waals surface area (Å²) in [6.07, 6.45) is 0.0499. The Morgan fingerprint density at radius 2 is 2.04 bits per heavy atom. The molecule has 0 unspecified atom stereocenters. The van der Waals surface area contributed by atoms with Crippen molar-refractivity contribution in [1.82, 2.24) is 10.3 Å². The number of carbonyl (C=O) groups excluding carboxylic acids is 1. The van der Waals surface area contributed by atoms with Crippen LogP contribution in [0.5, 0.6) is 11.5 Å². The van der Waals surface area contributed by atoms with Gasteiger partial charge in [-0.15, -0.1) is 11.3 Å². The lowest BCUT2D eigenvalue weighted by molar-refractivity contribution is -0.137. The fourth-order valence-corrected chi connectivity index (χ4v) is 2.92. The first kappa shape index (κ1) is 15.3. The number of aliphatic carboxylic acids is 1. The highest BCUT2D eigenvalue weighted by Crippen LogP contribution is 2.35. The van der Waals surface area contributed by atoms with Gasteiger partial charge in [-0.05, 0) is 18.2 Å². The normalized spacial score (nSPS) is 12.7. The van der Waals surface area contributed by atoms with Gasteiger partial charge in [-0.3, -0.25) is 9.59 Å². The maximum absolute atomic E-state index is 11.6. The molecule has 3 rings (SSSR count). The number of carboxylic acids is 1. The predicted molar refractivity (Wildman–Crippen MR) is 82.9 cm³/mol. The highest BCUT2D eigenvalue weighted by molar-refractivity contribution is 7.13. The number of ether oxygens (including phenoxy) is 2. The summed E-state index contributed by atoms with van der Waals surface area (Å²) in [5.41, 5.74) is 1.49. The van der Waals surface area contributed by atoms with E-state index in [0.717, 1.165) is 10.6 Å². The Hall–Kier alpha value is -2.61. The van der Waals surface area contributed by atoms with Gasteiger partial charge in [-0.1, -0.05) is 0 Å². The maximum Gasteiger partial charge on any atom is 0.322 e. The smallest absolute Gasteiger partial charge is 0.322 e. The zero-order chi connectivity index (χ0) is 16.2.